The molecule has 0 heterocycles. The summed E-state index contributed by atoms with van der Waals surface area (Å²) in [5.74, 6) is -1.69. The van der Waals surface area contributed by atoms with E-state index in [1.807, 2.05) is 6.92 Å². The molecule has 2 aromatic rings. The number of sulfonamides is 1. The van der Waals surface area contributed by atoms with Crippen LogP contribution in [0.4, 0.5) is 5.69 Å². The fourth-order valence-corrected chi connectivity index (χ4v) is 3.66. The van der Waals surface area contributed by atoms with Crippen LogP contribution in [0.3, 0.4) is 0 Å². The summed E-state index contributed by atoms with van der Waals surface area (Å²) in [6, 6.07) is 10.6. The monoisotopic (exact) mass is 466 g/mol. The maximum atomic E-state index is 12.2. The fourth-order valence-electron chi connectivity index (χ4n) is 2.43. The quantitative estimate of drug-likeness (QED) is 0.542. The Kier molecular flexibility index (Phi) is 8.14. The number of anilines is 1. The Hall–Kier alpha value is -2.95. The summed E-state index contributed by atoms with van der Waals surface area (Å²) in [6.45, 7) is 1.17. The predicted molar refractivity (Wildman–Crippen MR) is 117 cm³/mol. The third-order valence-electron chi connectivity index (χ3n) is 4.13. The number of carbonyl (C=O) groups is 3. The van der Waals surface area contributed by atoms with E-state index < -0.39 is 27.7 Å². The summed E-state index contributed by atoms with van der Waals surface area (Å²) in [4.78, 5) is 36.1. The van der Waals surface area contributed by atoms with Gasteiger partial charge in [0.25, 0.3) is 5.91 Å². The van der Waals surface area contributed by atoms with Gasteiger partial charge in [0.15, 0.2) is 0 Å². The lowest BCUT2D eigenvalue weighted by molar-refractivity contribution is -0.123. The highest BCUT2D eigenvalue weighted by Gasteiger charge is 2.19. The van der Waals surface area contributed by atoms with Gasteiger partial charge in [-0.15, -0.1) is 0 Å². The van der Waals surface area contributed by atoms with Crippen LogP contribution in [0.1, 0.15) is 15.9 Å². The highest BCUT2D eigenvalue weighted by atomic mass is 35.5. The summed E-state index contributed by atoms with van der Waals surface area (Å²) >= 11 is 6.05. The highest BCUT2D eigenvalue weighted by molar-refractivity contribution is 7.89. The topological polar surface area (TPSA) is 125 Å². The Morgan fingerprint density at radius 3 is 2.29 bits per heavy atom. The van der Waals surface area contributed by atoms with Gasteiger partial charge in [-0.25, -0.2) is 12.7 Å². The molecule has 0 spiro atoms. The van der Waals surface area contributed by atoms with Gasteiger partial charge in [0, 0.05) is 19.7 Å². The summed E-state index contributed by atoms with van der Waals surface area (Å²) in [7, 11) is -0.925. The molecule has 9 nitrogen and oxygen atoms in total. The molecule has 0 bridgehead atoms. The van der Waals surface area contributed by atoms with Crippen LogP contribution in [0.5, 0.6) is 0 Å². The zero-order valence-corrected chi connectivity index (χ0v) is 18.8. The maximum absolute atomic E-state index is 12.2. The van der Waals surface area contributed by atoms with E-state index in [9.17, 15) is 22.8 Å². The van der Waals surface area contributed by atoms with Gasteiger partial charge in [0.05, 0.1) is 28.7 Å². The Bertz CT molecular complexity index is 1100. The average Bonchev–Trinajstić information content (AvgIpc) is 2.72. The van der Waals surface area contributed by atoms with Crippen LogP contribution in [0.2, 0.25) is 5.02 Å². The van der Waals surface area contributed by atoms with Crippen LogP contribution in [0.25, 0.3) is 0 Å². The van der Waals surface area contributed by atoms with E-state index in [4.69, 9.17) is 11.6 Å². The third kappa shape index (κ3) is 6.78. The molecule has 0 fully saturated rings. The van der Waals surface area contributed by atoms with E-state index in [0.717, 1.165) is 9.87 Å². The zero-order chi connectivity index (χ0) is 23.2. The van der Waals surface area contributed by atoms with E-state index >= 15 is 0 Å². The number of nitrogens with one attached hydrogen (secondary N) is 3. The molecule has 0 saturated carbocycles. The number of benzene rings is 2. The third-order valence-corrected chi connectivity index (χ3v) is 6.25. The Morgan fingerprint density at radius 2 is 1.65 bits per heavy atom. The molecule has 166 valence electrons. The van der Waals surface area contributed by atoms with Gasteiger partial charge < -0.3 is 16.0 Å². The zero-order valence-electron chi connectivity index (χ0n) is 17.2. The number of hydrogen-bond acceptors (Lipinski definition) is 5. The van der Waals surface area contributed by atoms with E-state index in [2.05, 4.69) is 16.0 Å². The minimum Gasteiger partial charge on any atom is -0.345 e. The first-order valence-corrected chi connectivity index (χ1v) is 11.0. The van der Waals surface area contributed by atoms with Crippen molar-refractivity contribution in [2.24, 2.45) is 0 Å². The van der Waals surface area contributed by atoms with Crippen molar-refractivity contribution in [3.05, 3.63) is 58.6 Å². The van der Waals surface area contributed by atoms with Crippen LogP contribution in [-0.4, -0.2) is 57.6 Å². The smallest absolute Gasteiger partial charge is 0.251 e. The molecule has 31 heavy (non-hydrogen) atoms. The van der Waals surface area contributed by atoms with Crippen LogP contribution in [-0.2, 0) is 19.6 Å². The number of nitrogens with zero attached hydrogens (tertiary/aromatic N) is 1. The van der Waals surface area contributed by atoms with Crippen molar-refractivity contribution in [3.63, 3.8) is 0 Å². The van der Waals surface area contributed by atoms with E-state index in [1.165, 1.54) is 38.4 Å². The van der Waals surface area contributed by atoms with Gasteiger partial charge >= 0.3 is 0 Å². The molecule has 0 radical (unpaired) electrons. The first kappa shape index (κ1) is 24.3. The molecule has 0 aromatic heterocycles. The molecule has 2 aromatic carbocycles. The molecule has 3 amide bonds. The first-order chi connectivity index (χ1) is 14.5. The van der Waals surface area contributed by atoms with Crippen LogP contribution in [0, 0.1) is 6.92 Å². The summed E-state index contributed by atoms with van der Waals surface area (Å²) in [5.41, 5.74) is 1.45. The lowest BCUT2D eigenvalue weighted by Crippen LogP contribution is -2.40. The highest BCUT2D eigenvalue weighted by Crippen LogP contribution is 2.22. The second-order valence-electron chi connectivity index (χ2n) is 6.81. The molecule has 0 atom stereocenters. The number of amides is 3. The number of halogens is 1. The van der Waals surface area contributed by atoms with Crippen molar-refractivity contribution in [3.8, 4) is 0 Å². The van der Waals surface area contributed by atoms with Crippen molar-refractivity contribution in [2.75, 3.05) is 32.5 Å². The van der Waals surface area contributed by atoms with Crippen LogP contribution < -0.4 is 16.0 Å². The summed E-state index contributed by atoms with van der Waals surface area (Å²) in [6.07, 6.45) is 0. The summed E-state index contributed by atoms with van der Waals surface area (Å²) < 4.78 is 25.4. The number of aryl methyl sites for hydroxylation is 1. The molecular formula is C20H23ClN4O5S. The Balaban J connectivity index is 1.86. The molecule has 2 rings (SSSR count). The summed E-state index contributed by atoms with van der Waals surface area (Å²) in [5, 5.41) is 7.72. The van der Waals surface area contributed by atoms with Crippen molar-refractivity contribution in [2.45, 2.75) is 11.8 Å². The lowest BCUT2D eigenvalue weighted by atomic mass is 10.2. The van der Waals surface area contributed by atoms with Gasteiger partial charge in [-0.1, -0.05) is 23.7 Å². The van der Waals surface area contributed by atoms with Gasteiger partial charge in [-0.05, 0) is 42.8 Å². The van der Waals surface area contributed by atoms with Crippen molar-refractivity contribution < 1.29 is 22.8 Å². The fraction of sp³-hybridized carbons (Fsp3) is 0.250. The lowest BCUT2D eigenvalue weighted by Gasteiger charge is -2.12. The molecule has 0 unspecified atom stereocenters. The molecule has 0 aliphatic heterocycles. The Morgan fingerprint density at radius 1 is 0.968 bits per heavy atom. The largest absolute Gasteiger partial charge is 0.345 e. The molecule has 3 N–H and O–H groups in total. The van der Waals surface area contributed by atoms with Crippen molar-refractivity contribution in [1.82, 2.24) is 14.9 Å². The molecule has 0 aliphatic rings. The number of rotatable bonds is 8. The molecular weight excluding hydrogens is 444 g/mol. The van der Waals surface area contributed by atoms with E-state index in [1.54, 1.807) is 18.2 Å². The normalized spacial score (nSPS) is 11.1. The SMILES string of the molecule is Cc1ccc(NC(=O)CNC(=O)CNC(=O)c2cccc(S(=O)(=O)N(C)C)c2)c(Cl)c1. The number of carbonyl (C=O) groups excluding carboxylic acids is 3. The van der Waals surface area contributed by atoms with Crippen LogP contribution >= 0.6 is 11.6 Å². The molecule has 0 saturated heterocycles. The van der Waals surface area contributed by atoms with Crippen molar-refractivity contribution >= 4 is 45.0 Å². The molecule has 11 heteroatoms. The van der Waals surface area contributed by atoms with E-state index in [0.29, 0.717) is 10.7 Å². The van der Waals surface area contributed by atoms with Crippen molar-refractivity contribution in [1.29, 1.82) is 0 Å². The van der Waals surface area contributed by atoms with Gasteiger partial charge in [-0.2, -0.15) is 0 Å². The van der Waals surface area contributed by atoms with E-state index in [-0.39, 0.29) is 23.5 Å². The minimum absolute atomic E-state index is 0.0407. The number of hydrogen-bond donors (Lipinski definition) is 3. The predicted octanol–water partition coefficient (Wildman–Crippen LogP) is 1.38. The minimum atomic E-state index is -3.69. The average molecular weight is 467 g/mol. The second kappa shape index (κ2) is 10.4. The molecule has 0 aliphatic carbocycles. The maximum Gasteiger partial charge on any atom is 0.251 e. The standard InChI is InChI=1S/C20H23ClN4O5S/c1-13-7-8-17(16(21)9-13)24-19(27)12-22-18(26)11-23-20(28)14-5-4-6-15(10-14)31(29,30)25(2)3/h4-10H,11-12H2,1-3H3,(H,22,26)(H,23,28)(H,24,27). The van der Waals surface area contributed by atoms with Gasteiger partial charge in [0.1, 0.15) is 0 Å². The first-order valence-electron chi connectivity index (χ1n) is 9.14. The second-order valence-corrected chi connectivity index (χ2v) is 9.37. The van der Waals surface area contributed by atoms with Gasteiger partial charge in [0.2, 0.25) is 21.8 Å². The van der Waals surface area contributed by atoms with Crippen LogP contribution in [0.15, 0.2) is 47.4 Å². The Labute approximate surface area is 185 Å². The van der Waals surface area contributed by atoms with Gasteiger partial charge in [-0.3, -0.25) is 14.4 Å².